The van der Waals surface area contributed by atoms with E-state index in [1.165, 1.54) is 12.8 Å². The molecule has 2 unspecified atom stereocenters. The fraction of sp³-hybridized carbons (Fsp3) is 1.00. The molecule has 4 nitrogen and oxygen atoms in total. The predicted molar refractivity (Wildman–Crippen MR) is 69.6 cm³/mol. The molecule has 0 aliphatic rings. The second-order valence-electron chi connectivity index (χ2n) is 5.56. The van der Waals surface area contributed by atoms with E-state index in [1.807, 2.05) is 6.92 Å². The van der Waals surface area contributed by atoms with Crippen molar-refractivity contribution in [3.63, 3.8) is 0 Å². The minimum absolute atomic E-state index is 0.142. The van der Waals surface area contributed by atoms with Crippen LogP contribution in [0.15, 0.2) is 0 Å². The van der Waals surface area contributed by atoms with Crippen molar-refractivity contribution in [3.05, 3.63) is 0 Å². The van der Waals surface area contributed by atoms with Crippen LogP contribution >= 0.6 is 7.82 Å². The first kappa shape index (κ1) is 17.1. The van der Waals surface area contributed by atoms with Crippen LogP contribution in [0.3, 0.4) is 0 Å². The third-order valence-electron chi connectivity index (χ3n) is 2.79. The highest BCUT2D eigenvalue weighted by atomic mass is 31.2. The molecule has 0 rings (SSSR count). The van der Waals surface area contributed by atoms with E-state index in [2.05, 4.69) is 25.3 Å². The Balaban J connectivity index is 3.57. The zero-order valence-electron chi connectivity index (χ0n) is 11.4. The van der Waals surface area contributed by atoms with E-state index in [0.29, 0.717) is 0 Å². The summed E-state index contributed by atoms with van der Waals surface area (Å²) in [6.45, 7) is 8.82. The molecule has 0 fully saturated rings. The molecular weight excluding hydrogens is 239 g/mol. The maximum absolute atomic E-state index is 10.5. The highest BCUT2D eigenvalue weighted by molar-refractivity contribution is 7.46. The van der Waals surface area contributed by atoms with Crippen LogP contribution in [0.5, 0.6) is 0 Å². The van der Waals surface area contributed by atoms with Gasteiger partial charge in [-0.1, -0.05) is 40.5 Å². The van der Waals surface area contributed by atoms with Crippen LogP contribution in [0.2, 0.25) is 0 Å². The molecule has 5 heteroatoms. The van der Waals surface area contributed by atoms with Crippen LogP contribution < -0.4 is 0 Å². The van der Waals surface area contributed by atoms with Crippen LogP contribution in [-0.2, 0) is 9.09 Å². The van der Waals surface area contributed by atoms with Gasteiger partial charge in [0.15, 0.2) is 0 Å². The molecule has 0 aliphatic heterocycles. The molecule has 0 heterocycles. The summed E-state index contributed by atoms with van der Waals surface area (Å²) in [6.07, 6.45) is 4.48. The zero-order valence-corrected chi connectivity index (χ0v) is 12.3. The predicted octanol–water partition coefficient (Wildman–Crippen LogP) is 3.58. The number of phosphoric acid groups is 1. The van der Waals surface area contributed by atoms with Gasteiger partial charge < -0.3 is 9.79 Å². The standard InChI is InChI=1S/C12H27O4P/c1-10(2)8-11(3)6-5-7-12(4)9-16-17(13,14)15/h10-12H,5-9H2,1-4H3,(H2,13,14,15). The molecule has 104 valence electrons. The van der Waals surface area contributed by atoms with Crippen molar-refractivity contribution in [2.24, 2.45) is 17.8 Å². The summed E-state index contributed by atoms with van der Waals surface area (Å²) < 4.78 is 15.0. The van der Waals surface area contributed by atoms with Crippen molar-refractivity contribution in [1.29, 1.82) is 0 Å². The molecule has 17 heavy (non-hydrogen) atoms. The fourth-order valence-corrected chi connectivity index (χ4v) is 2.49. The SMILES string of the molecule is CC(C)CC(C)CCCC(C)COP(=O)(O)O. The largest absolute Gasteiger partial charge is 0.469 e. The molecule has 0 spiro atoms. The molecule has 0 aromatic heterocycles. The minimum Gasteiger partial charge on any atom is -0.303 e. The van der Waals surface area contributed by atoms with Crippen LogP contribution in [0.1, 0.15) is 53.4 Å². The quantitative estimate of drug-likeness (QED) is 0.626. The Labute approximate surface area is 105 Å². The summed E-state index contributed by atoms with van der Waals surface area (Å²) in [7, 11) is -4.29. The van der Waals surface area contributed by atoms with Gasteiger partial charge in [-0.25, -0.2) is 4.57 Å². The number of hydrogen-bond donors (Lipinski definition) is 2. The number of phosphoric ester groups is 1. The second-order valence-corrected chi connectivity index (χ2v) is 6.80. The molecule has 0 bridgehead atoms. The van der Waals surface area contributed by atoms with Crippen molar-refractivity contribution in [1.82, 2.24) is 0 Å². The van der Waals surface area contributed by atoms with Gasteiger partial charge in [0, 0.05) is 0 Å². The Morgan fingerprint density at radius 3 is 2.06 bits per heavy atom. The monoisotopic (exact) mass is 266 g/mol. The molecule has 0 saturated carbocycles. The number of hydrogen-bond acceptors (Lipinski definition) is 2. The van der Waals surface area contributed by atoms with Crippen LogP contribution in [0.25, 0.3) is 0 Å². The molecule has 0 amide bonds. The maximum Gasteiger partial charge on any atom is 0.469 e. The molecule has 2 atom stereocenters. The summed E-state index contributed by atoms with van der Waals surface area (Å²) in [4.78, 5) is 17.1. The highest BCUT2D eigenvalue weighted by Gasteiger charge is 2.15. The highest BCUT2D eigenvalue weighted by Crippen LogP contribution is 2.36. The minimum atomic E-state index is -4.29. The molecule has 0 aromatic rings. The van der Waals surface area contributed by atoms with Crippen molar-refractivity contribution < 1.29 is 18.9 Å². The normalized spacial score (nSPS) is 16.2. The summed E-state index contributed by atoms with van der Waals surface area (Å²) in [6, 6.07) is 0. The van der Waals surface area contributed by atoms with E-state index in [0.717, 1.165) is 24.7 Å². The van der Waals surface area contributed by atoms with E-state index in [-0.39, 0.29) is 12.5 Å². The lowest BCUT2D eigenvalue weighted by Crippen LogP contribution is -2.06. The Kier molecular flexibility index (Phi) is 8.31. The van der Waals surface area contributed by atoms with Gasteiger partial charge in [-0.15, -0.1) is 0 Å². The third-order valence-corrected chi connectivity index (χ3v) is 3.28. The van der Waals surface area contributed by atoms with Crippen LogP contribution in [-0.4, -0.2) is 16.4 Å². The Morgan fingerprint density at radius 2 is 1.59 bits per heavy atom. The molecule has 0 aromatic carbocycles. The fourth-order valence-electron chi connectivity index (χ4n) is 2.05. The third kappa shape index (κ3) is 12.4. The molecule has 0 aliphatic carbocycles. The van der Waals surface area contributed by atoms with E-state index in [9.17, 15) is 4.57 Å². The summed E-state index contributed by atoms with van der Waals surface area (Å²) in [5.41, 5.74) is 0. The van der Waals surface area contributed by atoms with E-state index in [1.54, 1.807) is 0 Å². The van der Waals surface area contributed by atoms with Gasteiger partial charge in [-0.05, 0) is 30.6 Å². The first-order valence-corrected chi connectivity index (χ1v) is 7.93. The van der Waals surface area contributed by atoms with Gasteiger partial charge in [0.05, 0.1) is 6.61 Å². The van der Waals surface area contributed by atoms with Gasteiger partial charge in [0.25, 0.3) is 0 Å². The van der Waals surface area contributed by atoms with Gasteiger partial charge in [-0.3, -0.25) is 4.52 Å². The summed E-state index contributed by atoms with van der Waals surface area (Å²) >= 11 is 0. The van der Waals surface area contributed by atoms with Crippen molar-refractivity contribution in [2.45, 2.75) is 53.4 Å². The Morgan fingerprint density at radius 1 is 1.06 bits per heavy atom. The molecule has 0 saturated heterocycles. The van der Waals surface area contributed by atoms with Crippen LogP contribution in [0, 0.1) is 17.8 Å². The lowest BCUT2D eigenvalue weighted by atomic mass is 9.92. The molecule has 0 radical (unpaired) electrons. The van der Waals surface area contributed by atoms with Crippen LogP contribution in [0.4, 0.5) is 0 Å². The Bertz CT molecular complexity index is 237. The summed E-state index contributed by atoms with van der Waals surface area (Å²) in [5.74, 6) is 1.67. The lowest BCUT2D eigenvalue weighted by Gasteiger charge is -2.16. The van der Waals surface area contributed by atoms with Gasteiger partial charge in [0.2, 0.25) is 0 Å². The molecular formula is C12H27O4P. The van der Waals surface area contributed by atoms with E-state index < -0.39 is 7.82 Å². The van der Waals surface area contributed by atoms with Gasteiger partial charge >= 0.3 is 7.82 Å². The average Bonchev–Trinajstić information content (AvgIpc) is 2.12. The Hall–Kier alpha value is 0.110. The van der Waals surface area contributed by atoms with Gasteiger partial charge in [0.1, 0.15) is 0 Å². The maximum atomic E-state index is 10.5. The summed E-state index contributed by atoms with van der Waals surface area (Å²) in [5, 5.41) is 0. The van der Waals surface area contributed by atoms with Crippen molar-refractivity contribution in [3.8, 4) is 0 Å². The first-order chi connectivity index (χ1) is 7.70. The average molecular weight is 266 g/mol. The smallest absolute Gasteiger partial charge is 0.303 e. The van der Waals surface area contributed by atoms with E-state index in [4.69, 9.17) is 9.79 Å². The van der Waals surface area contributed by atoms with Crippen molar-refractivity contribution >= 4 is 7.82 Å². The lowest BCUT2D eigenvalue weighted by molar-refractivity contribution is 0.167. The van der Waals surface area contributed by atoms with Crippen molar-refractivity contribution in [2.75, 3.05) is 6.61 Å². The molecule has 2 N–H and O–H groups in total. The first-order valence-electron chi connectivity index (χ1n) is 6.40. The van der Waals surface area contributed by atoms with Gasteiger partial charge in [-0.2, -0.15) is 0 Å². The number of rotatable bonds is 9. The van der Waals surface area contributed by atoms with E-state index >= 15 is 0 Å². The zero-order chi connectivity index (χ0) is 13.5. The second kappa shape index (κ2) is 8.25. The topological polar surface area (TPSA) is 66.8 Å².